The van der Waals surface area contributed by atoms with Crippen molar-refractivity contribution in [3.05, 3.63) is 16.8 Å². The third-order valence-corrected chi connectivity index (χ3v) is 3.51. The Morgan fingerprint density at radius 3 is 2.69 bits per heavy atom. The lowest BCUT2D eigenvalue weighted by molar-refractivity contribution is 0.634. The van der Waals surface area contributed by atoms with Gasteiger partial charge in [-0.15, -0.1) is 11.3 Å². The van der Waals surface area contributed by atoms with Gasteiger partial charge in [0.05, 0.1) is 11.4 Å². The van der Waals surface area contributed by atoms with Crippen molar-refractivity contribution in [3.8, 4) is 11.3 Å². The number of thiazole rings is 1. The SMILES string of the molecule is CCn1nc(C)c(-c2csc(NC)n2)c1C. The molecule has 0 fully saturated rings. The zero-order valence-electron chi connectivity index (χ0n) is 10.0. The Morgan fingerprint density at radius 2 is 2.19 bits per heavy atom. The molecular weight excluding hydrogens is 220 g/mol. The van der Waals surface area contributed by atoms with Gasteiger partial charge in [0.15, 0.2) is 5.13 Å². The summed E-state index contributed by atoms with van der Waals surface area (Å²) in [5, 5.41) is 10.6. The third-order valence-electron chi connectivity index (χ3n) is 2.66. The molecule has 0 saturated carbocycles. The predicted octanol–water partition coefficient (Wildman–Crippen LogP) is 2.69. The minimum atomic E-state index is 0.899. The number of aromatic nitrogens is 3. The van der Waals surface area contributed by atoms with E-state index < -0.39 is 0 Å². The zero-order valence-corrected chi connectivity index (χ0v) is 10.9. The van der Waals surface area contributed by atoms with E-state index in [-0.39, 0.29) is 0 Å². The Kier molecular flexibility index (Phi) is 2.96. The molecule has 0 saturated heterocycles. The highest BCUT2D eigenvalue weighted by molar-refractivity contribution is 7.14. The largest absolute Gasteiger partial charge is 0.365 e. The van der Waals surface area contributed by atoms with Crippen LogP contribution in [0.15, 0.2) is 5.38 Å². The molecule has 2 rings (SSSR count). The van der Waals surface area contributed by atoms with Gasteiger partial charge in [0.25, 0.3) is 0 Å². The maximum absolute atomic E-state index is 4.52. The van der Waals surface area contributed by atoms with Gasteiger partial charge >= 0.3 is 0 Å². The highest BCUT2D eigenvalue weighted by atomic mass is 32.1. The minimum Gasteiger partial charge on any atom is -0.365 e. The average Bonchev–Trinajstić information content (AvgIpc) is 2.83. The van der Waals surface area contributed by atoms with Crippen molar-refractivity contribution in [3.63, 3.8) is 0 Å². The van der Waals surface area contributed by atoms with Crippen LogP contribution in [-0.4, -0.2) is 21.8 Å². The molecule has 2 aromatic heterocycles. The standard InChI is InChI=1S/C11H16N4S/c1-5-15-8(3)10(7(2)14-15)9-6-16-11(12-4)13-9/h6H,5H2,1-4H3,(H,12,13). The van der Waals surface area contributed by atoms with Crippen molar-refractivity contribution in [2.75, 3.05) is 12.4 Å². The van der Waals surface area contributed by atoms with E-state index in [9.17, 15) is 0 Å². The molecule has 0 aliphatic carbocycles. The first kappa shape index (κ1) is 11.1. The first-order valence-corrected chi connectivity index (χ1v) is 6.23. The van der Waals surface area contributed by atoms with Crippen LogP contribution in [0.25, 0.3) is 11.3 Å². The molecule has 0 aliphatic rings. The molecule has 0 radical (unpaired) electrons. The molecule has 16 heavy (non-hydrogen) atoms. The molecular formula is C11H16N4S. The van der Waals surface area contributed by atoms with Gasteiger partial charge in [-0.1, -0.05) is 0 Å². The Balaban J connectivity index is 2.50. The molecule has 1 N–H and O–H groups in total. The van der Waals surface area contributed by atoms with Gasteiger partial charge in [0, 0.05) is 30.2 Å². The normalized spacial score (nSPS) is 10.8. The van der Waals surface area contributed by atoms with Gasteiger partial charge < -0.3 is 5.32 Å². The van der Waals surface area contributed by atoms with Crippen molar-refractivity contribution in [1.29, 1.82) is 0 Å². The van der Waals surface area contributed by atoms with Crippen molar-refractivity contribution < 1.29 is 0 Å². The highest BCUT2D eigenvalue weighted by Crippen LogP contribution is 2.29. The number of hydrogen-bond acceptors (Lipinski definition) is 4. The summed E-state index contributed by atoms with van der Waals surface area (Å²) in [7, 11) is 1.89. The van der Waals surface area contributed by atoms with E-state index in [1.54, 1.807) is 11.3 Å². The maximum atomic E-state index is 4.52. The fourth-order valence-electron chi connectivity index (χ4n) is 1.88. The zero-order chi connectivity index (χ0) is 11.7. The topological polar surface area (TPSA) is 42.7 Å². The van der Waals surface area contributed by atoms with Crippen LogP contribution in [-0.2, 0) is 6.54 Å². The van der Waals surface area contributed by atoms with Crippen LogP contribution < -0.4 is 5.32 Å². The molecule has 0 unspecified atom stereocenters. The van der Waals surface area contributed by atoms with Crippen LogP contribution >= 0.6 is 11.3 Å². The molecule has 86 valence electrons. The first-order valence-electron chi connectivity index (χ1n) is 5.35. The second kappa shape index (κ2) is 4.25. The molecule has 0 aliphatic heterocycles. The summed E-state index contributed by atoms with van der Waals surface area (Å²) in [5.74, 6) is 0. The molecule has 0 atom stereocenters. The molecule has 0 bridgehead atoms. The molecule has 2 aromatic rings. The number of anilines is 1. The number of hydrogen-bond donors (Lipinski definition) is 1. The van der Waals surface area contributed by atoms with Crippen LogP contribution in [0.5, 0.6) is 0 Å². The molecule has 0 aromatic carbocycles. The van der Waals surface area contributed by atoms with E-state index >= 15 is 0 Å². The Bertz CT molecular complexity index is 498. The summed E-state index contributed by atoms with van der Waals surface area (Å²) in [5.41, 5.74) is 4.42. The van der Waals surface area contributed by atoms with E-state index in [0.717, 1.165) is 23.1 Å². The van der Waals surface area contributed by atoms with Gasteiger partial charge in [-0.3, -0.25) is 4.68 Å². The lowest BCUT2D eigenvalue weighted by atomic mass is 10.1. The van der Waals surface area contributed by atoms with Gasteiger partial charge in [0.1, 0.15) is 0 Å². The maximum Gasteiger partial charge on any atom is 0.182 e. The Labute approximate surface area is 99.3 Å². The molecule has 5 heteroatoms. The lowest BCUT2D eigenvalue weighted by Crippen LogP contribution is -1.98. The summed E-state index contributed by atoms with van der Waals surface area (Å²) in [6, 6.07) is 0. The smallest absolute Gasteiger partial charge is 0.182 e. The summed E-state index contributed by atoms with van der Waals surface area (Å²) in [6.07, 6.45) is 0. The molecule has 0 spiro atoms. The van der Waals surface area contributed by atoms with Gasteiger partial charge in [-0.05, 0) is 20.8 Å². The second-order valence-corrected chi connectivity index (χ2v) is 4.51. The van der Waals surface area contributed by atoms with Crippen LogP contribution in [0.4, 0.5) is 5.13 Å². The van der Waals surface area contributed by atoms with Crippen LogP contribution in [0.1, 0.15) is 18.3 Å². The van der Waals surface area contributed by atoms with Gasteiger partial charge in [0.2, 0.25) is 0 Å². The van der Waals surface area contributed by atoms with Crippen LogP contribution in [0.2, 0.25) is 0 Å². The fourth-order valence-corrected chi connectivity index (χ4v) is 2.54. The number of aryl methyl sites for hydroxylation is 2. The monoisotopic (exact) mass is 236 g/mol. The van der Waals surface area contributed by atoms with Crippen molar-refractivity contribution >= 4 is 16.5 Å². The summed E-state index contributed by atoms with van der Waals surface area (Å²) < 4.78 is 2.02. The summed E-state index contributed by atoms with van der Waals surface area (Å²) in [6.45, 7) is 7.13. The second-order valence-electron chi connectivity index (χ2n) is 3.65. The van der Waals surface area contributed by atoms with Crippen molar-refractivity contribution in [2.45, 2.75) is 27.3 Å². The quantitative estimate of drug-likeness (QED) is 0.891. The lowest BCUT2D eigenvalue weighted by Gasteiger charge is -1.99. The van der Waals surface area contributed by atoms with E-state index in [0.29, 0.717) is 0 Å². The molecule has 0 amide bonds. The van der Waals surface area contributed by atoms with Crippen molar-refractivity contribution in [2.24, 2.45) is 0 Å². The average molecular weight is 236 g/mol. The van der Waals surface area contributed by atoms with E-state index in [1.165, 1.54) is 11.3 Å². The minimum absolute atomic E-state index is 0.899. The van der Waals surface area contributed by atoms with Crippen LogP contribution in [0.3, 0.4) is 0 Å². The number of rotatable bonds is 3. The van der Waals surface area contributed by atoms with E-state index in [4.69, 9.17) is 0 Å². The van der Waals surface area contributed by atoms with Gasteiger partial charge in [-0.25, -0.2) is 4.98 Å². The summed E-state index contributed by atoms with van der Waals surface area (Å²) in [4.78, 5) is 4.52. The fraction of sp³-hybridized carbons (Fsp3) is 0.455. The number of nitrogens with one attached hydrogen (secondary N) is 1. The molecule has 2 heterocycles. The summed E-state index contributed by atoms with van der Waals surface area (Å²) >= 11 is 1.62. The van der Waals surface area contributed by atoms with E-state index in [1.807, 2.05) is 18.7 Å². The van der Waals surface area contributed by atoms with E-state index in [2.05, 4.69) is 34.6 Å². The molecule has 4 nitrogen and oxygen atoms in total. The van der Waals surface area contributed by atoms with Crippen molar-refractivity contribution in [1.82, 2.24) is 14.8 Å². The third kappa shape index (κ3) is 1.71. The Morgan fingerprint density at radius 1 is 1.44 bits per heavy atom. The predicted molar refractivity (Wildman–Crippen MR) is 68.0 cm³/mol. The van der Waals surface area contributed by atoms with Crippen LogP contribution in [0, 0.1) is 13.8 Å². The highest BCUT2D eigenvalue weighted by Gasteiger charge is 2.15. The first-order chi connectivity index (χ1) is 7.67. The number of nitrogens with zero attached hydrogens (tertiary/aromatic N) is 3. The van der Waals surface area contributed by atoms with Gasteiger partial charge in [-0.2, -0.15) is 5.10 Å². The Hall–Kier alpha value is -1.36.